The molecule has 0 bridgehead atoms. The van der Waals surface area contributed by atoms with Crippen LogP contribution in [0.1, 0.15) is 29.5 Å². The second kappa shape index (κ2) is 12.9. The standard InChI is InChI=1S/C25H36N4O4S/c1-28-14-16-29(17-15-28)18-19-34(32,33)27-24-12-10-22(11-13-24)5-3-2-4-21-6-8-23(9-7-21)20-25(30)26-31/h6-13,27,31H,2-5,14-20H2,1H3,(H,26,30). The van der Waals surface area contributed by atoms with Crippen molar-refractivity contribution in [3.8, 4) is 0 Å². The Morgan fingerprint density at radius 3 is 1.97 bits per heavy atom. The highest BCUT2D eigenvalue weighted by molar-refractivity contribution is 7.92. The summed E-state index contributed by atoms with van der Waals surface area (Å²) in [5.41, 5.74) is 5.52. The third kappa shape index (κ3) is 9.06. The average Bonchev–Trinajstić information content (AvgIpc) is 2.83. The first kappa shape index (κ1) is 26.2. The highest BCUT2D eigenvalue weighted by atomic mass is 32.2. The van der Waals surface area contributed by atoms with Crippen molar-refractivity contribution in [2.75, 3.05) is 50.2 Å². The Balaban J connectivity index is 1.36. The molecule has 0 saturated carbocycles. The highest BCUT2D eigenvalue weighted by Crippen LogP contribution is 2.15. The normalized spacial score (nSPS) is 15.2. The van der Waals surface area contributed by atoms with Crippen LogP contribution >= 0.6 is 0 Å². The van der Waals surface area contributed by atoms with Gasteiger partial charge in [-0.05, 0) is 61.6 Å². The van der Waals surface area contributed by atoms with Gasteiger partial charge in [0, 0.05) is 38.4 Å². The first-order valence-electron chi connectivity index (χ1n) is 11.8. The third-order valence-electron chi connectivity index (χ3n) is 6.19. The number of benzene rings is 2. The van der Waals surface area contributed by atoms with Crippen LogP contribution in [0.25, 0.3) is 0 Å². The number of amides is 1. The summed E-state index contributed by atoms with van der Waals surface area (Å²) in [6.07, 6.45) is 4.13. The molecule has 2 aromatic carbocycles. The van der Waals surface area contributed by atoms with E-state index in [1.165, 1.54) is 11.1 Å². The summed E-state index contributed by atoms with van der Waals surface area (Å²) < 4.78 is 27.6. The number of nitrogens with zero attached hydrogens (tertiary/aromatic N) is 2. The van der Waals surface area contributed by atoms with Crippen molar-refractivity contribution in [2.45, 2.75) is 32.1 Å². The van der Waals surface area contributed by atoms with E-state index in [0.29, 0.717) is 12.2 Å². The van der Waals surface area contributed by atoms with Crippen LogP contribution in [-0.4, -0.2) is 74.9 Å². The predicted molar refractivity (Wildman–Crippen MR) is 135 cm³/mol. The Labute approximate surface area is 203 Å². The molecule has 9 heteroatoms. The van der Waals surface area contributed by atoms with Crippen molar-refractivity contribution in [1.82, 2.24) is 15.3 Å². The molecule has 1 heterocycles. The van der Waals surface area contributed by atoms with E-state index in [2.05, 4.69) is 21.6 Å². The monoisotopic (exact) mass is 488 g/mol. The molecular formula is C25H36N4O4S. The lowest BCUT2D eigenvalue weighted by molar-refractivity contribution is -0.128. The molecule has 1 fully saturated rings. The first-order chi connectivity index (χ1) is 16.3. The molecule has 186 valence electrons. The SMILES string of the molecule is CN1CCN(CCS(=O)(=O)Nc2ccc(CCCCc3ccc(CC(=O)NO)cc3)cc2)CC1. The van der Waals surface area contributed by atoms with Crippen molar-refractivity contribution in [3.05, 3.63) is 65.2 Å². The molecule has 0 atom stereocenters. The van der Waals surface area contributed by atoms with E-state index in [9.17, 15) is 13.2 Å². The maximum atomic E-state index is 12.4. The van der Waals surface area contributed by atoms with Crippen LogP contribution in [0.3, 0.4) is 0 Å². The van der Waals surface area contributed by atoms with Gasteiger partial charge in [0.25, 0.3) is 0 Å². The van der Waals surface area contributed by atoms with Crippen LogP contribution in [0.4, 0.5) is 5.69 Å². The van der Waals surface area contributed by atoms with Gasteiger partial charge in [0.2, 0.25) is 15.9 Å². The number of carbonyl (C=O) groups is 1. The lowest BCUT2D eigenvalue weighted by atomic mass is 10.0. The molecule has 0 unspecified atom stereocenters. The highest BCUT2D eigenvalue weighted by Gasteiger charge is 2.17. The van der Waals surface area contributed by atoms with Gasteiger partial charge in [-0.2, -0.15) is 0 Å². The topological polar surface area (TPSA) is 102 Å². The maximum absolute atomic E-state index is 12.4. The third-order valence-corrected chi connectivity index (χ3v) is 7.46. The number of aryl methyl sites for hydroxylation is 2. The van der Waals surface area contributed by atoms with Gasteiger partial charge >= 0.3 is 0 Å². The van der Waals surface area contributed by atoms with Crippen LogP contribution < -0.4 is 10.2 Å². The second-order valence-corrected chi connectivity index (χ2v) is 10.8. The average molecular weight is 489 g/mol. The van der Waals surface area contributed by atoms with E-state index >= 15 is 0 Å². The zero-order valence-electron chi connectivity index (χ0n) is 19.9. The van der Waals surface area contributed by atoms with Gasteiger partial charge in [0.15, 0.2) is 0 Å². The fourth-order valence-electron chi connectivity index (χ4n) is 4.00. The predicted octanol–water partition coefficient (Wildman–Crippen LogP) is 2.29. The number of hydrogen-bond donors (Lipinski definition) is 3. The number of rotatable bonds is 12. The van der Waals surface area contributed by atoms with E-state index in [-0.39, 0.29) is 12.2 Å². The Hall–Kier alpha value is -2.46. The van der Waals surface area contributed by atoms with Gasteiger partial charge in [-0.1, -0.05) is 36.4 Å². The number of carbonyl (C=O) groups excluding carboxylic acids is 1. The molecule has 3 rings (SSSR count). The van der Waals surface area contributed by atoms with Crippen LogP contribution in [0.5, 0.6) is 0 Å². The summed E-state index contributed by atoms with van der Waals surface area (Å²) in [4.78, 5) is 15.7. The number of anilines is 1. The lowest BCUT2D eigenvalue weighted by Gasteiger charge is -2.32. The molecule has 2 aromatic rings. The Morgan fingerprint density at radius 2 is 1.41 bits per heavy atom. The number of nitrogens with one attached hydrogen (secondary N) is 2. The summed E-state index contributed by atoms with van der Waals surface area (Å²) in [7, 11) is -1.28. The van der Waals surface area contributed by atoms with E-state index < -0.39 is 15.9 Å². The number of piperazine rings is 1. The van der Waals surface area contributed by atoms with Gasteiger partial charge in [-0.15, -0.1) is 0 Å². The van der Waals surface area contributed by atoms with E-state index in [1.54, 1.807) is 5.48 Å². The van der Waals surface area contributed by atoms with Crippen molar-refractivity contribution >= 4 is 21.6 Å². The number of likely N-dealkylation sites (N-methyl/N-ethyl adjacent to an activating group) is 1. The quantitative estimate of drug-likeness (QED) is 0.241. The fraction of sp³-hybridized carbons (Fsp3) is 0.480. The molecule has 1 aliphatic rings. The van der Waals surface area contributed by atoms with Crippen LogP contribution in [0.2, 0.25) is 0 Å². The Bertz CT molecular complexity index is 1000. The lowest BCUT2D eigenvalue weighted by Crippen LogP contribution is -2.46. The number of hydrogen-bond acceptors (Lipinski definition) is 6. The summed E-state index contributed by atoms with van der Waals surface area (Å²) in [6.45, 7) is 4.34. The zero-order chi connectivity index (χ0) is 24.4. The Kier molecular flexibility index (Phi) is 9.88. The van der Waals surface area contributed by atoms with E-state index in [1.807, 2.05) is 48.5 Å². The molecule has 3 N–H and O–H groups in total. The van der Waals surface area contributed by atoms with Crippen LogP contribution in [-0.2, 0) is 34.1 Å². The Morgan fingerprint density at radius 1 is 0.882 bits per heavy atom. The molecule has 1 aliphatic heterocycles. The number of unbranched alkanes of at least 4 members (excludes halogenated alkanes) is 1. The minimum Gasteiger partial charge on any atom is -0.304 e. The number of hydroxylamine groups is 1. The second-order valence-electron chi connectivity index (χ2n) is 9.00. The summed E-state index contributed by atoms with van der Waals surface area (Å²) >= 11 is 0. The smallest absolute Gasteiger partial charge is 0.247 e. The van der Waals surface area contributed by atoms with Gasteiger partial charge in [-0.25, -0.2) is 13.9 Å². The van der Waals surface area contributed by atoms with Gasteiger partial charge in [0.1, 0.15) is 0 Å². The largest absolute Gasteiger partial charge is 0.304 e. The van der Waals surface area contributed by atoms with Crippen molar-refractivity contribution < 1.29 is 18.4 Å². The van der Waals surface area contributed by atoms with E-state index in [4.69, 9.17) is 5.21 Å². The minimum absolute atomic E-state index is 0.105. The first-order valence-corrected chi connectivity index (χ1v) is 13.5. The molecule has 0 spiro atoms. The summed E-state index contributed by atoms with van der Waals surface area (Å²) in [5, 5.41) is 8.59. The molecular weight excluding hydrogens is 452 g/mol. The molecule has 34 heavy (non-hydrogen) atoms. The minimum atomic E-state index is -3.36. The molecule has 0 aliphatic carbocycles. The van der Waals surface area contributed by atoms with Gasteiger partial charge in [0.05, 0.1) is 12.2 Å². The number of sulfonamides is 1. The molecule has 0 radical (unpaired) electrons. The van der Waals surface area contributed by atoms with Crippen molar-refractivity contribution in [1.29, 1.82) is 0 Å². The van der Waals surface area contributed by atoms with Gasteiger partial charge in [-0.3, -0.25) is 19.6 Å². The van der Waals surface area contributed by atoms with E-state index in [0.717, 1.165) is 57.4 Å². The molecule has 8 nitrogen and oxygen atoms in total. The van der Waals surface area contributed by atoms with Crippen molar-refractivity contribution in [3.63, 3.8) is 0 Å². The maximum Gasteiger partial charge on any atom is 0.247 e. The zero-order valence-corrected chi connectivity index (χ0v) is 20.7. The summed E-state index contributed by atoms with van der Waals surface area (Å²) in [6, 6.07) is 15.5. The van der Waals surface area contributed by atoms with Gasteiger partial charge < -0.3 is 4.90 Å². The molecule has 1 saturated heterocycles. The summed E-state index contributed by atoms with van der Waals surface area (Å²) in [5.74, 6) is -0.314. The molecule has 1 amide bonds. The fourth-order valence-corrected chi connectivity index (χ4v) is 5.09. The molecule has 0 aromatic heterocycles. The van der Waals surface area contributed by atoms with Crippen LogP contribution in [0, 0.1) is 0 Å². The van der Waals surface area contributed by atoms with Crippen LogP contribution in [0.15, 0.2) is 48.5 Å². The van der Waals surface area contributed by atoms with Crippen molar-refractivity contribution in [2.24, 2.45) is 0 Å².